The van der Waals surface area contributed by atoms with Crippen LogP contribution < -0.4 is 4.72 Å². The second kappa shape index (κ2) is 6.05. The molecule has 3 rings (SSSR count). The van der Waals surface area contributed by atoms with Crippen molar-refractivity contribution in [2.75, 3.05) is 6.26 Å². The van der Waals surface area contributed by atoms with Gasteiger partial charge in [-0.15, -0.1) is 4.72 Å². The Bertz CT molecular complexity index is 866. The molecule has 0 radical (unpaired) electrons. The molecule has 0 spiro atoms. The molecule has 1 aliphatic carbocycles. The number of para-hydroxylation sites is 1. The lowest BCUT2D eigenvalue weighted by Gasteiger charge is -2.30. The zero-order valence-corrected chi connectivity index (χ0v) is 16.1. The molecular formula is C17H24N2O3S2. The van der Waals surface area contributed by atoms with Crippen molar-refractivity contribution in [2.24, 2.45) is 0 Å². The Balaban J connectivity index is 2.18. The highest BCUT2D eigenvalue weighted by Gasteiger charge is 2.35. The summed E-state index contributed by atoms with van der Waals surface area (Å²) < 4.78 is 41.6. The normalized spacial score (nSPS) is 20.1. The van der Waals surface area contributed by atoms with E-state index in [0.29, 0.717) is 5.52 Å². The Morgan fingerprint density at radius 2 is 1.96 bits per heavy atom. The molecule has 0 aliphatic heterocycles. The number of rotatable bonds is 3. The maximum atomic E-state index is 12.6. The molecule has 0 fully saturated rings. The third kappa shape index (κ3) is 3.10. The maximum Gasteiger partial charge on any atom is 0.236 e. The molecule has 0 saturated heterocycles. The standard InChI is InChI=1S/C17H24N2O3S2/c1-17(2,3)23(20)18-13-9-7-11-15-16(13)12-8-5-6-10-14(12)19(15)24(4,21)22/h5-6,8,10,13,18H,7,9,11H2,1-4H3/t13-,23-/m1/s1. The molecule has 0 unspecified atom stereocenters. The molecule has 1 N–H and O–H groups in total. The van der Waals surface area contributed by atoms with Crippen LogP contribution >= 0.6 is 0 Å². The number of nitrogens with zero attached hydrogens (tertiary/aromatic N) is 1. The molecule has 0 saturated carbocycles. The van der Waals surface area contributed by atoms with Crippen LogP contribution in [-0.2, 0) is 27.8 Å². The fourth-order valence-electron chi connectivity index (χ4n) is 3.33. The summed E-state index contributed by atoms with van der Waals surface area (Å²) in [7, 11) is -3.39. The van der Waals surface area contributed by atoms with Crippen molar-refractivity contribution >= 4 is 32.3 Å². The molecule has 5 nitrogen and oxygen atoms in total. The highest BCUT2D eigenvalue weighted by atomic mass is 32.2. The van der Waals surface area contributed by atoms with Gasteiger partial charge in [-0.1, -0.05) is 18.2 Å². The quantitative estimate of drug-likeness (QED) is 0.846. The van der Waals surface area contributed by atoms with E-state index in [4.69, 9.17) is 0 Å². The van der Waals surface area contributed by atoms with E-state index in [0.717, 1.165) is 35.9 Å². The van der Waals surface area contributed by atoms with Gasteiger partial charge < -0.3 is 4.55 Å². The van der Waals surface area contributed by atoms with Gasteiger partial charge in [0.15, 0.2) is 0 Å². The predicted molar refractivity (Wildman–Crippen MR) is 98.9 cm³/mol. The average molecular weight is 369 g/mol. The van der Waals surface area contributed by atoms with E-state index in [9.17, 15) is 13.0 Å². The molecule has 2 atom stereocenters. The molecular weight excluding hydrogens is 344 g/mol. The lowest BCUT2D eigenvalue weighted by Crippen LogP contribution is -2.42. The zero-order chi connectivity index (χ0) is 17.7. The summed E-state index contributed by atoms with van der Waals surface area (Å²) in [5, 5.41) is 0.932. The molecule has 7 heteroatoms. The summed E-state index contributed by atoms with van der Waals surface area (Å²) in [6, 6.07) is 7.47. The predicted octanol–water partition coefficient (Wildman–Crippen LogP) is 2.88. The van der Waals surface area contributed by atoms with E-state index in [2.05, 4.69) is 4.72 Å². The van der Waals surface area contributed by atoms with E-state index in [1.165, 1.54) is 10.2 Å². The molecule has 24 heavy (non-hydrogen) atoms. The van der Waals surface area contributed by atoms with Crippen LogP contribution in [0.15, 0.2) is 24.3 Å². The Morgan fingerprint density at radius 3 is 2.58 bits per heavy atom. The fourth-order valence-corrected chi connectivity index (χ4v) is 5.29. The summed E-state index contributed by atoms with van der Waals surface area (Å²) >= 11 is -1.21. The maximum absolute atomic E-state index is 12.6. The van der Waals surface area contributed by atoms with E-state index >= 15 is 0 Å². The van der Waals surface area contributed by atoms with Crippen LogP contribution in [-0.4, -0.2) is 27.9 Å². The first-order valence-corrected chi connectivity index (χ1v) is 11.1. The van der Waals surface area contributed by atoms with Gasteiger partial charge >= 0.3 is 0 Å². The van der Waals surface area contributed by atoms with Gasteiger partial charge in [0.25, 0.3) is 0 Å². The number of benzene rings is 1. The molecule has 1 heterocycles. The summed E-state index contributed by atoms with van der Waals surface area (Å²) in [6.07, 6.45) is 3.69. The lowest BCUT2D eigenvalue weighted by atomic mass is 9.91. The van der Waals surface area contributed by atoms with Crippen LogP contribution in [0, 0.1) is 0 Å². The van der Waals surface area contributed by atoms with Crippen molar-refractivity contribution in [1.29, 1.82) is 0 Å². The summed E-state index contributed by atoms with van der Waals surface area (Å²) in [5.74, 6) is 0. The van der Waals surface area contributed by atoms with Gasteiger partial charge in [-0.2, -0.15) is 0 Å². The van der Waals surface area contributed by atoms with Crippen LogP contribution in [0.25, 0.3) is 10.9 Å². The van der Waals surface area contributed by atoms with Crippen LogP contribution in [0.4, 0.5) is 0 Å². The van der Waals surface area contributed by atoms with Crippen LogP contribution in [0.5, 0.6) is 0 Å². The highest BCUT2D eigenvalue weighted by molar-refractivity contribution is 7.90. The SMILES string of the molecule is CC(C)(C)[S@@+]([O-])N[C@@H]1CCCc2c1c1ccccc1n2S(C)(=O)=O. The smallest absolute Gasteiger partial charge is 0.236 e. The van der Waals surface area contributed by atoms with E-state index in [-0.39, 0.29) is 10.8 Å². The minimum absolute atomic E-state index is 0.0956. The molecule has 1 aliphatic rings. The summed E-state index contributed by atoms with van der Waals surface area (Å²) in [5.41, 5.74) is 2.52. The van der Waals surface area contributed by atoms with E-state index in [1.54, 1.807) is 0 Å². The fraction of sp³-hybridized carbons (Fsp3) is 0.529. The van der Waals surface area contributed by atoms with Gasteiger partial charge in [0, 0.05) is 28.0 Å². The number of aromatic nitrogens is 1. The van der Waals surface area contributed by atoms with Crippen molar-refractivity contribution < 1.29 is 13.0 Å². The van der Waals surface area contributed by atoms with Crippen LogP contribution in [0.3, 0.4) is 0 Å². The minimum atomic E-state index is -3.39. The molecule has 0 amide bonds. The molecule has 1 aromatic carbocycles. The van der Waals surface area contributed by atoms with Crippen molar-refractivity contribution in [3.63, 3.8) is 0 Å². The van der Waals surface area contributed by atoms with Gasteiger partial charge in [-0.3, -0.25) is 0 Å². The van der Waals surface area contributed by atoms with Gasteiger partial charge in [-0.25, -0.2) is 12.4 Å². The summed E-state index contributed by atoms with van der Waals surface area (Å²) in [4.78, 5) is 0. The minimum Gasteiger partial charge on any atom is -0.598 e. The zero-order valence-electron chi connectivity index (χ0n) is 14.5. The number of fused-ring (bicyclic) bond motifs is 3. The Labute approximate surface area is 146 Å². The lowest BCUT2D eigenvalue weighted by molar-refractivity contribution is 0.488. The van der Waals surface area contributed by atoms with Gasteiger partial charge in [0.1, 0.15) is 4.75 Å². The largest absolute Gasteiger partial charge is 0.598 e. The molecule has 2 aromatic rings. The molecule has 0 bridgehead atoms. The van der Waals surface area contributed by atoms with E-state index in [1.807, 2.05) is 45.0 Å². The third-order valence-electron chi connectivity index (χ3n) is 4.36. The topological polar surface area (TPSA) is 74.2 Å². The van der Waals surface area contributed by atoms with Crippen molar-refractivity contribution in [1.82, 2.24) is 8.69 Å². The molecule has 1 aromatic heterocycles. The number of hydrogen-bond donors (Lipinski definition) is 1. The van der Waals surface area contributed by atoms with E-state index < -0.39 is 21.4 Å². The van der Waals surface area contributed by atoms with Gasteiger partial charge in [-0.05, 0) is 46.1 Å². The van der Waals surface area contributed by atoms with Gasteiger partial charge in [0.05, 0.1) is 17.8 Å². The Morgan fingerprint density at radius 1 is 1.29 bits per heavy atom. The van der Waals surface area contributed by atoms with Crippen molar-refractivity contribution in [3.05, 3.63) is 35.5 Å². The third-order valence-corrected chi connectivity index (χ3v) is 7.05. The highest BCUT2D eigenvalue weighted by Crippen LogP contribution is 2.39. The van der Waals surface area contributed by atoms with Crippen molar-refractivity contribution in [2.45, 2.75) is 50.8 Å². The molecule has 132 valence electrons. The van der Waals surface area contributed by atoms with Crippen LogP contribution in [0.1, 0.15) is 50.9 Å². The average Bonchev–Trinajstić information content (AvgIpc) is 2.81. The summed E-state index contributed by atoms with van der Waals surface area (Å²) in [6.45, 7) is 5.79. The second-order valence-electron chi connectivity index (χ2n) is 7.35. The first-order chi connectivity index (χ1) is 11.1. The first-order valence-electron chi connectivity index (χ1n) is 8.11. The second-order valence-corrected chi connectivity index (χ2v) is 11.2. The van der Waals surface area contributed by atoms with Crippen LogP contribution in [0.2, 0.25) is 0 Å². The Kier molecular flexibility index (Phi) is 4.49. The Hall–Kier alpha value is -1.02. The van der Waals surface area contributed by atoms with Crippen molar-refractivity contribution in [3.8, 4) is 0 Å². The monoisotopic (exact) mass is 368 g/mol. The number of hydrogen-bond acceptors (Lipinski definition) is 4. The first kappa shape index (κ1) is 17.8. The van der Waals surface area contributed by atoms with Gasteiger partial charge in [0.2, 0.25) is 10.0 Å². The number of nitrogens with one attached hydrogen (secondary N) is 1.